The van der Waals surface area contributed by atoms with Gasteiger partial charge in [0, 0.05) is 12.6 Å². The van der Waals surface area contributed by atoms with Gasteiger partial charge in [-0.15, -0.1) is 0 Å². The molecule has 1 unspecified atom stereocenters. The number of benzene rings is 2. The SMILES string of the molecule is CCC(NC(=O)NCc1cc(OC)cc(OC)c1)c1ccc(OC)cc1. The van der Waals surface area contributed by atoms with Gasteiger partial charge in [-0.05, 0) is 41.8 Å². The van der Waals surface area contributed by atoms with E-state index in [4.69, 9.17) is 14.2 Å². The van der Waals surface area contributed by atoms with Gasteiger partial charge in [0.05, 0.1) is 27.4 Å². The highest BCUT2D eigenvalue weighted by molar-refractivity contribution is 5.74. The molecule has 0 bridgehead atoms. The summed E-state index contributed by atoms with van der Waals surface area (Å²) in [5.74, 6) is 2.16. The van der Waals surface area contributed by atoms with E-state index in [0.717, 1.165) is 23.3 Å². The van der Waals surface area contributed by atoms with Crippen LogP contribution in [-0.4, -0.2) is 27.4 Å². The Morgan fingerprint density at radius 2 is 1.50 bits per heavy atom. The van der Waals surface area contributed by atoms with Crippen molar-refractivity contribution in [2.24, 2.45) is 0 Å². The van der Waals surface area contributed by atoms with E-state index < -0.39 is 0 Å². The third-order valence-corrected chi connectivity index (χ3v) is 4.10. The van der Waals surface area contributed by atoms with E-state index in [2.05, 4.69) is 10.6 Å². The monoisotopic (exact) mass is 358 g/mol. The Labute approximate surface area is 154 Å². The van der Waals surface area contributed by atoms with Gasteiger partial charge < -0.3 is 24.8 Å². The van der Waals surface area contributed by atoms with E-state index in [-0.39, 0.29) is 12.1 Å². The molecular formula is C20H26N2O4. The minimum absolute atomic E-state index is 0.0687. The lowest BCUT2D eigenvalue weighted by atomic mass is 10.0. The predicted molar refractivity (Wildman–Crippen MR) is 101 cm³/mol. The van der Waals surface area contributed by atoms with Gasteiger partial charge in [-0.1, -0.05) is 19.1 Å². The Hall–Kier alpha value is -2.89. The van der Waals surface area contributed by atoms with Crippen LogP contribution in [0.25, 0.3) is 0 Å². The minimum atomic E-state index is -0.227. The Kier molecular flexibility index (Phi) is 7.14. The number of nitrogens with one attached hydrogen (secondary N) is 2. The summed E-state index contributed by atoms with van der Waals surface area (Å²) in [7, 11) is 4.82. The van der Waals surface area contributed by atoms with Crippen LogP contribution in [0, 0.1) is 0 Å². The largest absolute Gasteiger partial charge is 0.497 e. The number of methoxy groups -OCH3 is 3. The molecule has 2 aromatic rings. The summed E-state index contributed by atoms with van der Waals surface area (Å²) in [5.41, 5.74) is 1.93. The molecule has 2 N–H and O–H groups in total. The summed E-state index contributed by atoms with van der Waals surface area (Å²) >= 11 is 0. The average molecular weight is 358 g/mol. The molecule has 2 amide bonds. The van der Waals surface area contributed by atoms with E-state index in [1.54, 1.807) is 27.4 Å². The summed E-state index contributed by atoms with van der Waals surface area (Å²) in [6.45, 7) is 2.40. The van der Waals surface area contributed by atoms with Crippen LogP contribution in [-0.2, 0) is 6.54 Å². The number of carbonyl (C=O) groups is 1. The maximum absolute atomic E-state index is 12.3. The maximum Gasteiger partial charge on any atom is 0.315 e. The van der Waals surface area contributed by atoms with E-state index in [1.165, 1.54) is 0 Å². The van der Waals surface area contributed by atoms with Crippen LogP contribution in [0.4, 0.5) is 4.79 Å². The number of amides is 2. The van der Waals surface area contributed by atoms with Crippen molar-refractivity contribution in [3.05, 3.63) is 53.6 Å². The lowest BCUT2D eigenvalue weighted by Gasteiger charge is -2.18. The molecule has 0 saturated heterocycles. The molecule has 140 valence electrons. The summed E-state index contributed by atoms with van der Waals surface area (Å²) in [4.78, 5) is 12.3. The zero-order valence-electron chi connectivity index (χ0n) is 15.7. The fourth-order valence-electron chi connectivity index (χ4n) is 2.62. The van der Waals surface area contributed by atoms with Crippen molar-refractivity contribution in [3.63, 3.8) is 0 Å². The van der Waals surface area contributed by atoms with Gasteiger partial charge in [0.1, 0.15) is 17.2 Å². The average Bonchev–Trinajstić information content (AvgIpc) is 2.70. The topological polar surface area (TPSA) is 68.8 Å². The van der Waals surface area contributed by atoms with Crippen LogP contribution >= 0.6 is 0 Å². The van der Waals surface area contributed by atoms with Gasteiger partial charge in [-0.2, -0.15) is 0 Å². The summed E-state index contributed by atoms with van der Waals surface area (Å²) < 4.78 is 15.7. The third-order valence-electron chi connectivity index (χ3n) is 4.10. The van der Waals surface area contributed by atoms with Gasteiger partial charge in [0.25, 0.3) is 0 Å². The highest BCUT2D eigenvalue weighted by atomic mass is 16.5. The van der Waals surface area contributed by atoms with Gasteiger partial charge >= 0.3 is 6.03 Å². The Bertz CT molecular complexity index is 694. The molecule has 0 aliphatic carbocycles. The molecule has 0 radical (unpaired) electrons. The molecule has 0 aliphatic rings. The van der Waals surface area contributed by atoms with Crippen LogP contribution in [0.1, 0.15) is 30.5 Å². The van der Waals surface area contributed by atoms with Gasteiger partial charge in [0.2, 0.25) is 0 Å². The third kappa shape index (κ3) is 5.31. The smallest absolute Gasteiger partial charge is 0.315 e. The first-order valence-electron chi connectivity index (χ1n) is 8.49. The number of urea groups is 1. The van der Waals surface area contributed by atoms with Crippen molar-refractivity contribution >= 4 is 6.03 Å². The second kappa shape index (κ2) is 9.56. The zero-order chi connectivity index (χ0) is 18.9. The number of hydrogen-bond donors (Lipinski definition) is 2. The van der Waals surface area contributed by atoms with Gasteiger partial charge in [-0.3, -0.25) is 0 Å². The van der Waals surface area contributed by atoms with E-state index in [0.29, 0.717) is 18.0 Å². The molecule has 0 aromatic heterocycles. The molecule has 2 rings (SSSR count). The van der Waals surface area contributed by atoms with E-state index in [1.807, 2.05) is 43.3 Å². The van der Waals surface area contributed by atoms with Crippen molar-refractivity contribution in [1.29, 1.82) is 0 Å². The standard InChI is InChI=1S/C20H26N2O4/c1-5-19(15-6-8-16(24-2)9-7-15)22-20(23)21-13-14-10-17(25-3)12-18(11-14)26-4/h6-12,19H,5,13H2,1-4H3,(H2,21,22,23). The predicted octanol–water partition coefficient (Wildman–Crippen LogP) is 3.66. The van der Waals surface area contributed by atoms with Crippen molar-refractivity contribution in [2.45, 2.75) is 25.9 Å². The van der Waals surface area contributed by atoms with Crippen molar-refractivity contribution in [2.75, 3.05) is 21.3 Å². The maximum atomic E-state index is 12.3. The molecule has 0 aliphatic heterocycles. The second-order valence-corrected chi connectivity index (χ2v) is 5.78. The van der Waals surface area contributed by atoms with Crippen LogP contribution in [0.2, 0.25) is 0 Å². The highest BCUT2D eigenvalue weighted by Crippen LogP contribution is 2.23. The first kappa shape index (κ1) is 19.4. The first-order chi connectivity index (χ1) is 12.6. The molecule has 26 heavy (non-hydrogen) atoms. The normalized spacial score (nSPS) is 11.4. The molecule has 6 nitrogen and oxygen atoms in total. The number of carbonyl (C=O) groups excluding carboxylic acids is 1. The summed E-state index contributed by atoms with van der Waals surface area (Å²) in [5, 5.41) is 5.87. The van der Waals surface area contributed by atoms with Crippen LogP contribution < -0.4 is 24.8 Å². The molecule has 2 aromatic carbocycles. The summed E-state index contributed by atoms with van der Waals surface area (Å²) in [6, 6.07) is 12.9. The summed E-state index contributed by atoms with van der Waals surface area (Å²) in [6.07, 6.45) is 0.784. The Balaban J connectivity index is 1.96. The fourth-order valence-corrected chi connectivity index (χ4v) is 2.62. The van der Waals surface area contributed by atoms with Gasteiger partial charge in [-0.25, -0.2) is 4.79 Å². The van der Waals surface area contributed by atoms with Gasteiger partial charge in [0.15, 0.2) is 0 Å². The van der Waals surface area contributed by atoms with Crippen molar-refractivity contribution < 1.29 is 19.0 Å². The zero-order valence-corrected chi connectivity index (χ0v) is 15.7. The van der Waals surface area contributed by atoms with E-state index >= 15 is 0 Å². The molecule has 0 heterocycles. The molecular weight excluding hydrogens is 332 g/mol. The first-order valence-corrected chi connectivity index (χ1v) is 8.49. The molecule has 1 atom stereocenters. The van der Waals surface area contributed by atoms with Crippen LogP contribution in [0.15, 0.2) is 42.5 Å². The minimum Gasteiger partial charge on any atom is -0.497 e. The van der Waals surface area contributed by atoms with E-state index in [9.17, 15) is 4.79 Å². The molecule has 0 saturated carbocycles. The number of rotatable bonds is 8. The Morgan fingerprint density at radius 3 is 2.00 bits per heavy atom. The lowest BCUT2D eigenvalue weighted by Crippen LogP contribution is -2.37. The number of hydrogen-bond acceptors (Lipinski definition) is 4. The Morgan fingerprint density at radius 1 is 0.923 bits per heavy atom. The van der Waals surface area contributed by atoms with Crippen molar-refractivity contribution in [1.82, 2.24) is 10.6 Å². The molecule has 0 fully saturated rings. The highest BCUT2D eigenvalue weighted by Gasteiger charge is 2.13. The fraction of sp³-hybridized carbons (Fsp3) is 0.350. The molecule has 6 heteroatoms. The lowest BCUT2D eigenvalue weighted by molar-refractivity contribution is 0.236. The van der Waals surface area contributed by atoms with Crippen LogP contribution in [0.5, 0.6) is 17.2 Å². The molecule has 0 spiro atoms. The second-order valence-electron chi connectivity index (χ2n) is 5.78. The number of ether oxygens (including phenoxy) is 3. The van der Waals surface area contributed by atoms with Crippen molar-refractivity contribution in [3.8, 4) is 17.2 Å². The van der Waals surface area contributed by atoms with Crippen LogP contribution in [0.3, 0.4) is 0 Å². The quantitative estimate of drug-likeness (QED) is 0.756.